The average molecular weight is 749 g/mol. The van der Waals surface area contributed by atoms with Gasteiger partial charge in [-0.15, -0.1) is 35.9 Å². The number of hydrogen-bond acceptors (Lipinski definition) is 3. The van der Waals surface area contributed by atoms with Crippen molar-refractivity contribution in [2.45, 2.75) is 37.0 Å². The van der Waals surface area contributed by atoms with E-state index in [0.29, 0.717) is 5.92 Å². The minimum Gasteiger partial charge on any atom is 0 e. The molecule has 0 N–H and O–H groups in total. The summed E-state index contributed by atoms with van der Waals surface area (Å²) in [7, 11) is 0. The first kappa shape index (κ1) is 28.9. The molecule has 6 aromatic rings. The topological polar surface area (TPSA) is 38.9 Å². The Morgan fingerprint density at radius 2 is 1.38 bits per heavy atom. The molecular formula is C34H32GeIrN2O-2. The Kier molecular flexibility index (Phi) is 9.22. The first-order valence-corrected chi connectivity index (χ1v) is 20.4. The summed E-state index contributed by atoms with van der Waals surface area (Å²) in [5.41, 5.74) is 7.04. The summed E-state index contributed by atoms with van der Waals surface area (Å²) in [6, 6.07) is 34.9. The number of fused-ring (bicyclic) bond motifs is 3. The monoisotopic (exact) mass is 751 g/mol. The number of nitrogens with zero attached hydrogens (tertiary/aromatic N) is 2. The molecule has 6 rings (SSSR count). The first-order valence-electron chi connectivity index (χ1n) is 13.0. The van der Waals surface area contributed by atoms with E-state index in [1.54, 1.807) is 0 Å². The molecule has 0 atom stereocenters. The number of pyridine rings is 2. The van der Waals surface area contributed by atoms with E-state index in [1.807, 2.05) is 67.0 Å². The number of furan rings is 1. The van der Waals surface area contributed by atoms with Gasteiger partial charge in [0.25, 0.3) is 0 Å². The van der Waals surface area contributed by atoms with Crippen molar-refractivity contribution < 1.29 is 24.5 Å². The van der Waals surface area contributed by atoms with E-state index in [0.717, 1.165) is 44.5 Å². The van der Waals surface area contributed by atoms with Crippen LogP contribution in [-0.4, -0.2) is 23.2 Å². The van der Waals surface area contributed by atoms with Gasteiger partial charge in [0, 0.05) is 37.1 Å². The zero-order chi connectivity index (χ0) is 26.7. The summed E-state index contributed by atoms with van der Waals surface area (Å²) in [5, 5.41) is 2.20. The summed E-state index contributed by atoms with van der Waals surface area (Å²) in [6.07, 6.45) is 3.94. The molecule has 0 aliphatic heterocycles. The average Bonchev–Trinajstić information content (AvgIpc) is 3.32. The Morgan fingerprint density at radius 3 is 1.95 bits per heavy atom. The maximum absolute atomic E-state index is 6.15. The molecule has 0 bridgehead atoms. The smallest absolute Gasteiger partial charge is 0 e. The van der Waals surface area contributed by atoms with Crippen LogP contribution in [0.15, 0.2) is 102 Å². The third-order valence-corrected chi connectivity index (χ3v) is 10.9. The molecule has 5 heteroatoms. The van der Waals surface area contributed by atoms with Gasteiger partial charge in [-0.25, -0.2) is 0 Å². The minimum atomic E-state index is -1.72. The van der Waals surface area contributed by atoms with Gasteiger partial charge >= 0.3 is 99.8 Å². The molecule has 39 heavy (non-hydrogen) atoms. The van der Waals surface area contributed by atoms with Gasteiger partial charge < -0.3 is 9.40 Å². The molecule has 3 nitrogen and oxygen atoms in total. The second kappa shape index (κ2) is 12.4. The Morgan fingerprint density at radius 1 is 0.718 bits per heavy atom. The number of para-hydroxylation sites is 1. The molecule has 3 aromatic heterocycles. The molecular weight excluding hydrogens is 717 g/mol. The van der Waals surface area contributed by atoms with Crippen LogP contribution in [0.5, 0.6) is 0 Å². The molecule has 3 heterocycles. The summed E-state index contributed by atoms with van der Waals surface area (Å²) in [6.45, 7) is 4.37. The number of rotatable bonds is 4. The van der Waals surface area contributed by atoms with Crippen LogP contribution in [0.4, 0.5) is 0 Å². The van der Waals surface area contributed by atoms with Gasteiger partial charge in [-0.3, -0.25) is 0 Å². The van der Waals surface area contributed by atoms with Crippen molar-refractivity contribution in [2.75, 3.05) is 0 Å². The van der Waals surface area contributed by atoms with Crippen LogP contribution in [0, 0.1) is 12.1 Å². The predicted molar refractivity (Wildman–Crippen MR) is 161 cm³/mol. The third-order valence-electron chi connectivity index (χ3n) is 6.64. The Hall–Kier alpha value is -3.05. The van der Waals surface area contributed by atoms with Crippen LogP contribution in [-0.2, 0) is 20.1 Å². The fraction of sp³-hybridized carbons (Fsp3) is 0.176. The van der Waals surface area contributed by atoms with E-state index in [-0.39, 0.29) is 20.1 Å². The third kappa shape index (κ3) is 6.58. The second-order valence-corrected chi connectivity index (χ2v) is 21.4. The number of aromatic nitrogens is 2. The summed E-state index contributed by atoms with van der Waals surface area (Å²) >= 11 is -1.72. The van der Waals surface area contributed by atoms with Crippen molar-refractivity contribution >= 4 is 39.6 Å². The predicted octanol–water partition coefficient (Wildman–Crippen LogP) is 8.66. The fourth-order valence-corrected chi connectivity index (χ4v) is 6.59. The molecule has 199 valence electrons. The van der Waals surface area contributed by atoms with E-state index in [4.69, 9.17) is 4.42 Å². The van der Waals surface area contributed by atoms with Crippen molar-refractivity contribution in [3.8, 4) is 22.5 Å². The van der Waals surface area contributed by atoms with Gasteiger partial charge in [0.15, 0.2) is 0 Å². The van der Waals surface area contributed by atoms with E-state index >= 15 is 0 Å². The minimum absolute atomic E-state index is 0. The summed E-state index contributed by atoms with van der Waals surface area (Å²) in [4.78, 5) is 9.11. The first-order chi connectivity index (χ1) is 18.3. The van der Waals surface area contributed by atoms with E-state index in [9.17, 15) is 0 Å². The zero-order valence-electron chi connectivity index (χ0n) is 23.0. The molecule has 0 saturated heterocycles. The molecule has 0 aliphatic carbocycles. The Labute approximate surface area is 247 Å². The quantitative estimate of drug-likeness (QED) is 0.134. The Bertz CT molecular complexity index is 1660. The van der Waals surface area contributed by atoms with E-state index < -0.39 is 13.3 Å². The standard InChI is InChI=1S/C20H16NO.C14H16GeN.Ir/c1-13(2)15-9-6-10-16-17-12-21-18(11-19(17)22-20(15)16)14-7-4-3-5-8-14;1-15(2,3)13-9-10-14(16-11-13)12-7-5-4-6-8-12;/h3-7,9-13H,1-2H3;4-7,9-11H,1-3H3;/q2*-1;. The van der Waals surface area contributed by atoms with Crippen molar-refractivity contribution in [1.82, 2.24) is 9.97 Å². The summed E-state index contributed by atoms with van der Waals surface area (Å²) in [5.74, 6) is 7.57. The van der Waals surface area contributed by atoms with Gasteiger partial charge in [0.05, 0.1) is 0 Å². The van der Waals surface area contributed by atoms with Gasteiger partial charge in [0.2, 0.25) is 0 Å². The van der Waals surface area contributed by atoms with Crippen molar-refractivity contribution in [2.24, 2.45) is 0 Å². The maximum atomic E-state index is 6.15. The summed E-state index contributed by atoms with van der Waals surface area (Å²) < 4.78 is 7.60. The molecule has 3 aromatic carbocycles. The van der Waals surface area contributed by atoms with Gasteiger partial charge in [-0.1, -0.05) is 32.0 Å². The van der Waals surface area contributed by atoms with Gasteiger partial charge in [-0.2, -0.15) is 0 Å². The Balaban J connectivity index is 0.000000186. The largest absolute Gasteiger partial charge is 0 e. The van der Waals surface area contributed by atoms with Gasteiger partial charge in [0.1, 0.15) is 11.2 Å². The molecule has 0 saturated carbocycles. The second-order valence-electron chi connectivity index (χ2n) is 10.8. The van der Waals surface area contributed by atoms with Crippen molar-refractivity contribution in [3.63, 3.8) is 0 Å². The molecule has 0 spiro atoms. The van der Waals surface area contributed by atoms with E-state index in [1.165, 1.54) is 9.96 Å². The van der Waals surface area contributed by atoms with Crippen molar-refractivity contribution in [3.05, 3.63) is 115 Å². The molecule has 0 aliphatic rings. The van der Waals surface area contributed by atoms with Crippen LogP contribution in [0.2, 0.25) is 17.3 Å². The normalized spacial score (nSPS) is 11.2. The van der Waals surface area contributed by atoms with Gasteiger partial charge in [-0.05, 0) is 23.2 Å². The van der Waals surface area contributed by atoms with Crippen LogP contribution >= 0.6 is 0 Å². The van der Waals surface area contributed by atoms with E-state index in [2.05, 4.69) is 83.5 Å². The fourth-order valence-electron chi connectivity index (χ4n) is 4.42. The van der Waals surface area contributed by atoms with Crippen LogP contribution in [0.3, 0.4) is 0 Å². The maximum Gasteiger partial charge on any atom is 0 e. The SMILES string of the molecule is CC(C)c1cccc2c1oc1cc(-c3[c-]cccc3)ncc12.[CH3][Ge]([CH3])([CH3])[c]1ccc(-c2[c-]cccc2)nc1.[Ir]. The zero-order valence-corrected chi connectivity index (χ0v) is 27.4. The van der Waals surface area contributed by atoms with Crippen LogP contribution in [0.1, 0.15) is 25.3 Å². The molecule has 0 amide bonds. The van der Waals surface area contributed by atoms with Crippen LogP contribution < -0.4 is 4.40 Å². The van der Waals surface area contributed by atoms with Crippen LogP contribution in [0.25, 0.3) is 44.5 Å². The molecule has 1 radical (unpaired) electrons. The van der Waals surface area contributed by atoms with Crippen molar-refractivity contribution in [1.29, 1.82) is 0 Å². The number of benzene rings is 3. The number of hydrogen-bond donors (Lipinski definition) is 0. The molecule has 0 unspecified atom stereocenters. The molecule has 0 fully saturated rings.